The van der Waals surface area contributed by atoms with Gasteiger partial charge in [0.1, 0.15) is 55.4 Å². The van der Waals surface area contributed by atoms with E-state index in [4.69, 9.17) is 28.4 Å². The van der Waals surface area contributed by atoms with E-state index in [9.17, 15) is 45.3 Å². The second-order valence-corrected chi connectivity index (χ2v) is 19.0. The number of allylic oxidation sites excluding steroid dienone is 10. The van der Waals surface area contributed by atoms with E-state index in [-0.39, 0.29) is 19.4 Å². The quantitative estimate of drug-likeness (QED) is 0.0173. The number of carbonyl (C=O) groups excluding carboxylic acids is 2. The van der Waals surface area contributed by atoms with Gasteiger partial charge in [0.25, 0.3) is 0 Å². The molecule has 2 aliphatic rings. The smallest absolute Gasteiger partial charge is 0.306 e. The average Bonchev–Trinajstić information content (AvgIpc) is 3.36. The molecule has 2 heterocycles. The Bertz CT molecular complexity index is 1470. The topological polar surface area (TPSA) is 231 Å². The Morgan fingerprint density at radius 3 is 1.39 bits per heavy atom. The molecule has 11 atom stereocenters. The maximum Gasteiger partial charge on any atom is 0.306 e. The minimum Gasteiger partial charge on any atom is -0.462 e. The van der Waals surface area contributed by atoms with Gasteiger partial charge >= 0.3 is 11.9 Å². The molecule has 15 heteroatoms. The van der Waals surface area contributed by atoms with Crippen LogP contribution < -0.4 is 0 Å². The number of aliphatic hydroxyl groups excluding tert-OH is 7. The van der Waals surface area contributed by atoms with Crippen molar-refractivity contribution in [3.8, 4) is 0 Å². The summed E-state index contributed by atoms with van der Waals surface area (Å²) in [6.07, 6.45) is 32.4. The maximum absolute atomic E-state index is 13.0. The van der Waals surface area contributed by atoms with Crippen molar-refractivity contribution < 1.29 is 73.8 Å². The molecular weight excluding hydrogens is 913 g/mol. The van der Waals surface area contributed by atoms with Crippen LogP contribution in [-0.2, 0) is 38.0 Å². The van der Waals surface area contributed by atoms with E-state index in [1.54, 1.807) is 0 Å². The first kappa shape index (κ1) is 64.3. The van der Waals surface area contributed by atoms with Crippen molar-refractivity contribution in [3.63, 3.8) is 0 Å². The van der Waals surface area contributed by atoms with E-state index < -0.39 is 99.3 Å². The van der Waals surface area contributed by atoms with Gasteiger partial charge in [-0.25, -0.2) is 0 Å². The number of unbranched alkanes of at least 4 members (excludes halogenated alkanes) is 18. The van der Waals surface area contributed by atoms with Crippen LogP contribution in [0.4, 0.5) is 0 Å². The number of hydrogen-bond donors (Lipinski definition) is 7. The van der Waals surface area contributed by atoms with Gasteiger partial charge in [0, 0.05) is 12.8 Å². The van der Waals surface area contributed by atoms with Crippen LogP contribution in [0.2, 0.25) is 0 Å². The Morgan fingerprint density at radius 2 is 0.887 bits per heavy atom. The summed E-state index contributed by atoms with van der Waals surface area (Å²) >= 11 is 0. The highest BCUT2D eigenvalue weighted by Crippen LogP contribution is 2.26. The fourth-order valence-electron chi connectivity index (χ4n) is 8.30. The van der Waals surface area contributed by atoms with Gasteiger partial charge < -0.3 is 64.2 Å². The first-order valence-corrected chi connectivity index (χ1v) is 27.4. The third-order valence-electron chi connectivity index (χ3n) is 12.8. The van der Waals surface area contributed by atoms with Crippen LogP contribution in [0.15, 0.2) is 60.8 Å². The van der Waals surface area contributed by atoms with Gasteiger partial charge in [-0.3, -0.25) is 9.59 Å². The van der Waals surface area contributed by atoms with Crippen molar-refractivity contribution in [2.75, 3.05) is 26.4 Å². The largest absolute Gasteiger partial charge is 0.462 e. The monoisotopic (exact) mass is 1010 g/mol. The second kappa shape index (κ2) is 42.5. The van der Waals surface area contributed by atoms with Crippen LogP contribution in [0.3, 0.4) is 0 Å². The Hall–Kier alpha value is -2.80. The fourth-order valence-corrected chi connectivity index (χ4v) is 8.30. The van der Waals surface area contributed by atoms with E-state index in [2.05, 4.69) is 74.6 Å². The van der Waals surface area contributed by atoms with E-state index in [0.29, 0.717) is 12.8 Å². The molecule has 0 saturated carbocycles. The number of aliphatic hydroxyl groups is 7. The molecular formula is C56H96O15. The number of esters is 2. The average molecular weight is 1010 g/mol. The maximum atomic E-state index is 13.0. The van der Waals surface area contributed by atoms with Gasteiger partial charge in [-0.1, -0.05) is 177 Å². The van der Waals surface area contributed by atoms with Crippen LogP contribution in [0.1, 0.15) is 187 Å². The summed E-state index contributed by atoms with van der Waals surface area (Å²) in [5, 5.41) is 72.2. The minimum atomic E-state index is -1.77. The zero-order valence-corrected chi connectivity index (χ0v) is 43.4. The number of hydrogen-bond acceptors (Lipinski definition) is 15. The Kier molecular flexibility index (Phi) is 38.5. The van der Waals surface area contributed by atoms with Crippen LogP contribution in [0, 0.1) is 0 Å². The zero-order chi connectivity index (χ0) is 51.7. The molecule has 71 heavy (non-hydrogen) atoms. The normalized spacial score (nSPS) is 25.6. The van der Waals surface area contributed by atoms with Crippen molar-refractivity contribution in [2.24, 2.45) is 0 Å². The lowest BCUT2D eigenvalue weighted by atomic mass is 9.98. The summed E-state index contributed by atoms with van der Waals surface area (Å²) in [5.74, 6) is -0.960. The lowest BCUT2D eigenvalue weighted by molar-refractivity contribution is -0.332. The van der Waals surface area contributed by atoms with Crippen LogP contribution >= 0.6 is 0 Å². The van der Waals surface area contributed by atoms with E-state index in [1.807, 2.05) is 0 Å². The number of rotatable bonds is 42. The van der Waals surface area contributed by atoms with Crippen LogP contribution in [0.25, 0.3) is 0 Å². The summed E-state index contributed by atoms with van der Waals surface area (Å²) < 4.78 is 33.6. The molecule has 0 bridgehead atoms. The lowest BCUT2D eigenvalue weighted by Gasteiger charge is -2.42. The summed E-state index contributed by atoms with van der Waals surface area (Å²) in [6, 6.07) is 0. The molecule has 2 rings (SSSR count). The second-order valence-electron chi connectivity index (χ2n) is 19.0. The summed E-state index contributed by atoms with van der Waals surface area (Å²) in [6.45, 7) is 2.45. The SMILES string of the molecule is CC/C=C/C/C=C/C/C=C/C/C=C/C/C=C/CCCCCC(=O)OC[C@@H](CO[C@@H]1O[C@H](CO[C@@H]2O[C@H](CO)[C@H](O)C(O)C2O)[C@H](O)C(O)C1O)OC(=O)CCCCCCCCCCCCCCCCCC. The molecule has 0 spiro atoms. The highest BCUT2D eigenvalue weighted by atomic mass is 16.7. The highest BCUT2D eigenvalue weighted by molar-refractivity contribution is 5.70. The molecule has 0 aromatic carbocycles. The van der Waals surface area contributed by atoms with Gasteiger partial charge in [0.15, 0.2) is 18.7 Å². The van der Waals surface area contributed by atoms with E-state index >= 15 is 0 Å². The Morgan fingerprint density at radius 1 is 0.465 bits per heavy atom. The lowest BCUT2D eigenvalue weighted by Crippen LogP contribution is -2.61. The molecule has 0 aromatic heterocycles. The molecule has 15 nitrogen and oxygen atoms in total. The zero-order valence-electron chi connectivity index (χ0n) is 43.4. The van der Waals surface area contributed by atoms with Crippen molar-refractivity contribution in [2.45, 2.75) is 255 Å². The Balaban J connectivity index is 1.80. The molecule has 410 valence electrons. The Labute approximate surface area is 426 Å². The van der Waals surface area contributed by atoms with Gasteiger partial charge in [-0.05, 0) is 57.8 Å². The van der Waals surface area contributed by atoms with Crippen molar-refractivity contribution in [1.82, 2.24) is 0 Å². The molecule has 0 amide bonds. The minimum absolute atomic E-state index is 0.158. The summed E-state index contributed by atoms with van der Waals surface area (Å²) in [7, 11) is 0. The number of ether oxygens (including phenoxy) is 6. The molecule has 0 aliphatic carbocycles. The number of carbonyl (C=O) groups is 2. The molecule has 7 N–H and O–H groups in total. The molecule has 4 unspecified atom stereocenters. The van der Waals surface area contributed by atoms with Gasteiger partial charge in [0.2, 0.25) is 0 Å². The van der Waals surface area contributed by atoms with Crippen molar-refractivity contribution >= 4 is 11.9 Å². The summed E-state index contributed by atoms with van der Waals surface area (Å²) in [5.41, 5.74) is 0. The van der Waals surface area contributed by atoms with Crippen LogP contribution in [0.5, 0.6) is 0 Å². The first-order valence-electron chi connectivity index (χ1n) is 27.4. The van der Waals surface area contributed by atoms with Gasteiger partial charge in [-0.2, -0.15) is 0 Å². The fraction of sp³-hybridized carbons (Fsp3) is 0.786. The highest BCUT2D eigenvalue weighted by Gasteiger charge is 2.47. The van der Waals surface area contributed by atoms with Crippen molar-refractivity contribution in [3.05, 3.63) is 60.8 Å². The van der Waals surface area contributed by atoms with Gasteiger partial charge in [0.05, 0.1) is 19.8 Å². The molecule has 2 fully saturated rings. The van der Waals surface area contributed by atoms with E-state index in [1.165, 1.54) is 77.0 Å². The molecule has 2 saturated heterocycles. The molecule has 0 aromatic rings. The third kappa shape index (κ3) is 30.2. The van der Waals surface area contributed by atoms with Crippen LogP contribution in [-0.4, -0.2) is 142 Å². The van der Waals surface area contributed by atoms with Crippen molar-refractivity contribution in [1.29, 1.82) is 0 Å². The molecule has 0 radical (unpaired) electrons. The van der Waals surface area contributed by atoms with Gasteiger partial charge in [-0.15, -0.1) is 0 Å². The molecule has 2 aliphatic heterocycles. The third-order valence-corrected chi connectivity index (χ3v) is 12.8. The first-order chi connectivity index (χ1) is 34.5. The van der Waals surface area contributed by atoms with E-state index in [0.717, 1.165) is 70.6 Å². The summed E-state index contributed by atoms with van der Waals surface area (Å²) in [4.78, 5) is 25.8. The predicted octanol–water partition coefficient (Wildman–Crippen LogP) is 8.44. The predicted molar refractivity (Wildman–Crippen MR) is 275 cm³/mol. The standard InChI is InChI=1S/C56H96O15/c1-3-5-7-9-11-13-15-17-19-21-22-23-25-26-28-30-32-34-36-38-47(58)66-41-44(69-48(59)39-37-35-33-31-29-27-24-20-18-16-14-12-10-8-6-4-2)42-67-55-54(65)52(63)50(61)46(71-55)43-68-56-53(64)51(62)49(60)45(40-57)70-56/h5,7,11,13,17,19,22-23,26,28,44-46,49-57,60-65H,3-4,6,8-10,12,14-16,18,20-21,24-25,27,29-43H2,1-2H3/b7-5+,13-11+,19-17+,23-22+,28-26+/t44-,45+,46+,49-,50-,51?,52?,53?,54?,55+,56+/m0/s1.